The first kappa shape index (κ1) is 18.7. The first-order valence-electron chi connectivity index (χ1n) is 9.43. The van der Waals surface area contributed by atoms with E-state index in [0.717, 1.165) is 38.1 Å². The molecule has 3 nitrogen and oxygen atoms in total. The lowest BCUT2D eigenvalue weighted by Crippen LogP contribution is -2.44. The number of carbonyl (C=O) groups excluding carboxylic acids is 1. The van der Waals surface area contributed by atoms with Gasteiger partial charge in [0.05, 0.1) is 22.4 Å². The summed E-state index contributed by atoms with van der Waals surface area (Å²) in [6.07, 6.45) is 10.7. The van der Waals surface area contributed by atoms with E-state index in [1.54, 1.807) is 18.2 Å². The number of halogens is 2. The third-order valence-electron chi connectivity index (χ3n) is 5.26. The van der Waals surface area contributed by atoms with Gasteiger partial charge < -0.3 is 4.90 Å². The fourth-order valence-corrected chi connectivity index (χ4v) is 4.13. The molecule has 1 aliphatic heterocycles. The Morgan fingerprint density at radius 3 is 2.56 bits per heavy atom. The molecule has 25 heavy (non-hydrogen) atoms. The number of Topliss-reactive ketones (excluding diaryl/α,β-unsaturated/α-hetero) is 1. The van der Waals surface area contributed by atoms with Gasteiger partial charge in [-0.2, -0.15) is 0 Å². The normalized spacial score (nSPS) is 19.2. The molecule has 0 amide bonds. The van der Waals surface area contributed by atoms with Gasteiger partial charge >= 0.3 is 0 Å². The minimum absolute atomic E-state index is 0.0936. The van der Waals surface area contributed by atoms with Crippen molar-refractivity contribution in [2.45, 2.75) is 63.8 Å². The van der Waals surface area contributed by atoms with Crippen LogP contribution < -0.4 is 0 Å². The maximum Gasteiger partial charge on any atom is 0.182 e. The Balaban J connectivity index is 1.79. The number of rotatable bonds is 4. The second-order valence-corrected chi connectivity index (χ2v) is 7.89. The number of benzene rings is 1. The number of aliphatic imine (C=N–C) groups is 1. The number of carbonyl (C=O) groups is 1. The van der Waals surface area contributed by atoms with Crippen molar-refractivity contribution in [2.24, 2.45) is 4.99 Å². The molecule has 0 radical (unpaired) electrons. The molecule has 3 rings (SSSR count). The second kappa shape index (κ2) is 9.05. The van der Waals surface area contributed by atoms with Crippen LogP contribution in [0.15, 0.2) is 23.2 Å². The summed E-state index contributed by atoms with van der Waals surface area (Å²) >= 11 is 12.1. The molecule has 1 heterocycles. The zero-order chi connectivity index (χ0) is 17.6. The van der Waals surface area contributed by atoms with Crippen molar-refractivity contribution in [2.75, 3.05) is 13.1 Å². The standard InChI is InChI=1S/C20H26Cl2N2O/c21-17-11-10-15(13-18(17)22)19(25)14-24(16-7-3-1-4-8-16)20-9-5-2-6-12-23-20/h10-11,13,16H,1-9,12,14H2. The zero-order valence-electron chi connectivity index (χ0n) is 14.6. The van der Waals surface area contributed by atoms with Crippen LogP contribution in [-0.2, 0) is 0 Å². The first-order chi connectivity index (χ1) is 12.1. The molecule has 1 aliphatic carbocycles. The van der Waals surface area contributed by atoms with Gasteiger partial charge in [-0.15, -0.1) is 0 Å². The third kappa shape index (κ3) is 4.98. The minimum atomic E-state index is 0.0936. The predicted octanol–water partition coefficient (Wildman–Crippen LogP) is 5.78. The summed E-state index contributed by atoms with van der Waals surface area (Å²) in [6.45, 7) is 1.28. The summed E-state index contributed by atoms with van der Waals surface area (Å²) in [5.41, 5.74) is 0.629. The largest absolute Gasteiger partial charge is 0.350 e. The van der Waals surface area contributed by atoms with Crippen molar-refractivity contribution in [1.82, 2.24) is 4.90 Å². The Kier molecular flexibility index (Phi) is 6.77. The molecule has 0 bridgehead atoms. The number of nitrogens with zero attached hydrogens (tertiary/aromatic N) is 2. The van der Waals surface area contributed by atoms with Crippen molar-refractivity contribution in [3.05, 3.63) is 33.8 Å². The van der Waals surface area contributed by atoms with Gasteiger partial charge in [0, 0.05) is 24.6 Å². The smallest absolute Gasteiger partial charge is 0.182 e. The van der Waals surface area contributed by atoms with Crippen LogP contribution in [0.25, 0.3) is 0 Å². The lowest BCUT2D eigenvalue weighted by Gasteiger charge is -2.36. The molecular weight excluding hydrogens is 355 g/mol. The van der Waals surface area contributed by atoms with Crippen LogP contribution in [0.1, 0.15) is 68.1 Å². The van der Waals surface area contributed by atoms with E-state index in [0.29, 0.717) is 28.2 Å². The Bertz CT molecular complexity index is 639. The molecule has 0 spiro atoms. The van der Waals surface area contributed by atoms with E-state index >= 15 is 0 Å². The van der Waals surface area contributed by atoms with Gasteiger partial charge in [-0.1, -0.05) is 48.9 Å². The summed E-state index contributed by atoms with van der Waals surface area (Å²) in [5.74, 6) is 1.23. The van der Waals surface area contributed by atoms with E-state index in [2.05, 4.69) is 4.90 Å². The third-order valence-corrected chi connectivity index (χ3v) is 5.99. The van der Waals surface area contributed by atoms with Gasteiger partial charge in [0.2, 0.25) is 0 Å². The van der Waals surface area contributed by atoms with E-state index in [9.17, 15) is 4.79 Å². The zero-order valence-corrected chi connectivity index (χ0v) is 16.2. The lowest BCUT2D eigenvalue weighted by atomic mass is 9.93. The van der Waals surface area contributed by atoms with Gasteiger partial charge in [0.15, 0.2) is 5.78 Å². The van der Waals surface area contributed by atoms with Crippen LogP contribution in [-0.4, -0.2) is 35.7 Å². The lowest BCUT2D eigenvalue weighted by molar-refractivity contribution is 0.0934. The van der Waals surface area contributed by atoms with Crippen molar-refractivity contribution >= 4 is 34.8 Å². The SMILES string of the molecule is O=C(CN(C1=NCCCCC1)C1CCCCC1)c1ccc(Cl)c(Cl)c1. The highest BCUT2D eigenvalue weighted by molar-refractivity contribution is 6.42. The van der Waals surface area contributed by atoms with Crippen LogP contribution in [0, 0.1) is 0 Å². The van der Waals surface area contributed by atoms with Crippen LogP contribution in [0.4, 0.5) is 0 Å². The molecule has 136 valence electrons. The van der Waals surface area contributed by atoms with E-state index < -0.39 is 0 Å². The topological polar surface area (TPSA) is 32.7 Å². The summed E-state index contributed by atoms with van der Waals surface area (Å²) in [6, 6.07) is 5.59. The molecule has 1 saturated carbocycles. The van der Waals surface area contributed by atoms with Crippen molar-refractivity contribution in [3.63, 3.8) is 0 Å². The van der Waals surface area contributed by atoms with Crippen LogP contribution in [0.3, 0.4) is 0 Å². The fourth-order valence-electron chi connectivity index (χ4n) is 3.83. The average Bonchev–Trinajstić information content (AvgIpc) is 2.92. The monoisotopic (exact) mass is 380 g/mol. The van der Waals surface area contributed by atoms with Crippen LogP contribution in [0.5, 0.6) is 0 Å². The molecule has 0 aromatic heterocycles. The molecule has 5 heteroatoms. The molecule has 1 aromatic carbocycles. The Morgan fingerprint density at radius 1 is 1.04 bits per heavy atom. The highest BCUT2D eigenvalue weighted by Gasteiger charge is 2.26. The molecule has 1 aromatic rings. The van der Waals surface area contributed by atoms with Crippen molar-refractivity contribution in [1.29, 1.82) is 0 Å². The number of ketones is 1. The van der Waals surface area contributed by atoms with Crippen LogP contribution >= 0.6 is 23.2 Å². The summed E-state index contributed by atoms with van der Waals surface area (Å²) < 4.78 is 0. The maximum atomic E-state index is 12.9. The van der Waals surface area contributed by atoms with E-state index in [1.807, 2.05) is 0 Å². The molecule has 2 aliphatic rings. The van der Waals surface area contributed by atoms with Crippen molar-refractivity contribution in [3.8, 4) is 0 Å². The summed E-state index contributed by atoms with van der Waals surface area (Å²) in [5, 5.41) is 0.916. The van der Waals surface area contributed by atoms with Gasteiger partial charge in [-0.25, -0.2) is 0 Å². The first-order valence-corrected chi connectivity index (χ1v) is 10.2. The maximum absolute atomic E-state index is 12.9. The molecule has 0 N–H and O–H groups in total. The number of hydrogen-bond donors (Lipinski definition) is 0. The van der Waals surface area contributed by atoms with E-state index in [-0.39, 0.29) is 5.78 Å². The number of amidine groups is 1. The van der Waals surface area contributed by atoms with Crippen LogP contribution in [0.2, 0.25) is 10.0 Å². The summed E-state index contributed by atoms with van der Waals surface area (Å²) in [7, 11) is 0. The highest BCUT2D eigenvalue weighted by atomic mass is 35.5. The van der Waals surface area contributed by atoms with Gasteiger partial charge in [-0.05, 0) is 43.9 Å². The summed E-state index contributed by atoms with van der Waals surface area (Å²) in [4.78, 5) is 20.0. The fraction of sp³-hybridized carbons (Fsp3) is 0.600. The van der Waals surface area contributed by atoms with Crippen molar-refractivity contribution < 1.29 is 4.79 Å². The highest BCUT2D eigenvalue weighted by Crippen LogP contribution is 2.26. The Labute approximate surface area is 160 Å². The van der Waals surface area contributed by atoms with Gasteiger partial charge in [0.25, 0.3) is 0 Å². The molecule has 0 saturated heterocycles. The Morgan fingerprint density at radius 2 is 1.80 bits per heavy atom. The minimum Gasteiger partial charge on any atom is -0.350 e. The average molecular weight is 381 g/mol. The van der Waals surface area contributed by atoms with Gasteiger partial charge in [0.1, 0.15) is 0 Å². The molecule has 0 atom stereocenters. The van der Waals surface area contributed by atoms with Gasteiger partial charge in [-0.3, -0.25) is 9.79 Å². The predicted molar refractivity (Wildman–Crippen MR) is 105 cm³/mol. The molecule has 1 fully saturated rings. The molecular formula is C20H26Cl2N2O. The quantitative estimate of drug-likeness (QED) is 0.619. The van der Waals surface area contributed by atoms with E-state index in [1.165, 1.54) is 32.1 Å². The number of hydrogen-bond acceptors (Lipinski definition) is 3. The Hall–Kier alpha value is -1.06. The second-order valence-electron chi connectivity index (χ2n) is 7.08. The van der Waals surface area contributed by atoms with E-state index in [4.69, 9.17) is 28.2 Å². The molecule has 0 unspecified atom stereocenters.